The minimum Gasteiger partial charge on any atom is -1.00 e. The van der Waals surface area contributed by atoms with Crippen molar-refractivity contribution in [1.82, 2.24) is 0 Å². The van der Waals surface area contributed by atoms with E-state index in [9.17, 15) is 0 Å². The second kappa shape index (κ2) is 14.7. The molecule has 0 saturated carbocycles. The Balaban J connectivity index is 0. The Hall–Kier alpha value is -0.730. The van der Waals surface area contributed by atoms with E-state index in [2.05, 4.69) is 36.4 Å². The molecular formula is C18H20BrIn. The summed E-state index contributed by atoms with van der Waals surface area (Å²) in [5.74, 6) is 0. The molecule has 0 bridgehead atoms. The zero-order valence-corrected chi connectivity index (χ0v) is 16.9. The van der Waals surface area contributed by atoms with Crippen molar-refractivity contribution in [1.29, 1.82) is 0 Å². The molecule has 0 unspecified atom stereocenters. The Labute approximate surface area is 152 Å². The fourth-order valence-electron chi connectivity index (χ4n) is 1.51. The molecule has 20 heavy (non-hydrogen) atoms. The van der Waals surface area contributed by atoms with Crippen LogP contribution in [0.25, 0.3) is 12.2 Å². The van der Waals surface area contributed by atoms with Crippen molar-refractivity contribution >= 4 is 38.0 Å². The maximum atomic E-state index is 2.08. The van der Waals surface area contributed by atoms with Crippen molar-refractivity contribution in [2.24, 2.45) is 0 Å². The Kier molecular flexibility index (Phi) is 15.8. The minimum atomic E-state index is 0. The third-order valence-corrected chi connectivity index (χ3v) is 2.32. The molecule has 0 spiro atoms. The summed E-state index contributed by atoms with van der Waals surface area (Å²) in [6.45, 7) is 4.04. The molecule has 2 radical (unpaired) electrons. The molecule has 0 aliphatic heterocycles. The van der Waals surface area contributed by atoms with E-state index in [4.69, 9.17) is 0 Å². The van der Waals surface area contributed by atoms with E-state index in [1.165, 1.54) is 11.1 Å². The van der Waals surface area contributed by atoms with E-state index in [-0.39, 0.29) is 42.8 Å². The first kappa shape index (κ1) is 21.6. The predicted molar refractivity (Wildman–Crippen MR) is 88.1 cm³/mol. The number of halogens is 1. The zero-order chi connectivity index (χ0) is 13.1. The first-order valence-corrected chi connectivity index (χ1v) is 6.22. The smallest absolute Gasteiger partial charge is 1.00 e. The van der Waals surface area contributed by atoms with Gasteiger partial charge in [0.15, 0.2) is 0 Å². The monoisotopic (exact) mass is 430 g/mol. The molecule has 0 saturated heterocycles. The van der Waals surface area contributed by atoms with Gasteiger partial charge in [-0.15, -0.1) is 0 Å². The summed E-state index contributed by atoms with van der Waals surface area (Å²) in [5, 5.41) is 0. The van der Waals surface area contributed by atoms with Gasteiger partial charge in [-0.1, -0.05) is 85.0 Å². The standard InChI is InChI=1S/2C9H10.BrH.In/c2*1-2-6-9-7-4-3-5-8-9;;/h2*2-8H,1H3;1H;/q;;;+1/p-1/b2*6-2+;;. The molecule has 0 N–H and O–H groups in total. The van der Waals surface area contributed by atoms with E-state index in [0.717, 1.165) is 0 Å². The van der Waals surface area contributed by atoms with E-state index < -0.39 is 0 Å². The van der Waals surface area contributed by atoms with Crippen LogP contribution in [0, 0.1) is 0 Å². The summed E-state index contributed by atoms with van der Waals surface area (Å²) in [4.78, 5) is 0. The van der Waals surface area contributed by atoms with Crippen LogP contribution in [0.5, 0.6) is 0 Å². The summed E-state index contributed by atoms with van der Waals surface area (Å²) >= 11 is 0. The van der Waals surface area contributed by atoms with Gasteiger partial charge in [0.2, 0.25) is 0 Å². The summed E-state index contributed by atoms with van der Waals surface area (Å²) in [6.07, 6.45) is 8.24. The predicted octanol–water partition coefficient (Wildman–Crippen LogP) is 2.06. The van der Waals surface area contributed by atoms with Crippen LogP contribution < -0.4 is 17.0 Å². The fourth-order valence-corrected chi connectivity index (χ4v) is 1.51. The van der Waals surface area contributed by atoms with Crippen molar-refractivity contribution in [2.45, 2.75) is 13.8 Å². The third kappa shape index (κ3) is 10.1. The van der Waals surface area contributed by atoms with Gasteiger partial charge in [-0.3, -0.25) is 0 Å². The van der Waals surface area contributed by atoms with Crippen molar-refractivity contribution in [3.8, 4) is 0 Å². The minimum absolute atomic E-state index is 0. The van der Waals surface area contributed by atoms with Crippen LogP contribution in [0.4, 0.5) is 0 Å². The Bertz CT molecular complexity index is 428. The van der Waals surface area contributed by atoms with E-state index in [1.807, 2.05) is 62.4 Å². The Morgan fingerprint density at radius 2 is 0.900 bits per heavy atom. The van der Waals surface area contributed by atoms with Crippen LogP contribution in [-0.4, -0.2) is 25.8 Å². The first-order valence-electron chi connectivity index (χ1n) is 6.22. The van der Waals surface area contributed by atoms with Crippen LogP contribution in [0.15, 0.2) is 72.8 Å². The molecule has 102 valence electrons. The van der Waals surface area contributed by atoms with Crippen LogP contribution in [0.2, 0.25) is 0 Å². The molecule has 0 heterocycles. The zero-order valence-electron chi connectivity index (χ0n) is 12.0. The average molecular weight is 431 g/mol. The topological polar surface area (TPSA) is 0 Å². The van der Waals surface area contributed by atoms with Gasteiger partial charge in [0.25, 0.3) is 0 Å². The van der Waals surface area contributed by atoms with Crippen LogP contribution in [0.3, 0.4) is 0 Å². The molecule has 0 aromatic heterocycles. The molecule has 0 amide bonds. The molecule has 0 nitrogen and oxygen atoms in total. The third-order valence-electron chi connectivity index (χ3n) is 2.32. The number of hydrogen-bond acceptors (Lipinski definition) is 0. The molecule has 0 atom stereocenters. The molecule has 2 rings (SSSR count). The maximum absolute atomic E-state index is 2.08. The fraction of sp³-hybridized carbons (Fsp3) is 0.111. The van der Waals surface area contributed by atoms with Crippen LogP contribution in [0.1, 0.15) is 25.0 Å². The van der Waals surface area contributed by atoms with Crippen molar-refractivity contribution in [3.05, 3.63) is 83.9 Å². The van der Waals surface area contributed by atoms with Gasteiger partial charge < -0.3 is 17.0 Å². The molecule has 0 aliphatic carbocycles. The number of benzene rings is 2. The summed E-state index contributed by atoms with van der Waals surface area (Å²) in [7, 11) is 0. The maximum Gasteiger partial charge on any atom is 1.00 e. The summed E-state index contributed by atoms with van der Waals surface area (Å²) in [6, 6.07) is 20.5. The van der Waals surface area contributed by atoms with Crippen molar-refractivity contribution in [3.63, 3.8) is 0 Å². The molecule has 0 fully saturated rings. The van der Waals surface area contributed by atoms with E-state index >= 15 is 0 Å². The Morgan fingerprint density at radius 3 is 1.15 bits per heavy atom. The average Bonchev–Trinajstić information content (AvgIpc) is 2.43. The molecule has 2 aromatic carbocycles. The van der Waals surface area contributed by atoms with Gasteiger partial charge in [-0.25, -0.2) is 0 Å². The quantitative estimate of drug-likeness (QED) is 0.684. The van der Waals surface area contributed by atoms with Gasteiger partial charge in [-0.2, -0.15) is 0 Å². The second-order valence-corrected chi connectivity index (χ2v) is 3.82. The molecule has 0 aliphatic rings. The Morgan fingerprint density at radius 1 is 0.600 bits per heavy atom. The summed E-state index contributed by atoms with van der Waals surface area (Å²) in [5.41, 5.74) is 2.53. The number of allylic oxidation sites excluding steroid dienone is 2. The molecular weight excluding hydrogens is 411 g/mol. The van der Waals surface area contributed by atoms with Crippen LogP contribution >= 0.6 is 0 Å². The first-order chi connectivity index (χ1) is 8.86. The van der Waals surface area contributed by atoms with Gasteiger partial charge in [0.1, 0.15) is 0 Å². The summed E-state index contributed by atoms with van der Waals surface area (Å²) < 4.78 is 0. The van der Waals surface area contributed by atoms with Crippen molar-refractivity contribution < 1.29 is 17.0 Å². The molecule has 2 aromatic rings. The van der Waals surface area contributed by atoms with E-state index in [0.29, 0.717) is 0 Å². The van der Waals surface area contributed by atoms with Gasteiger partial charge in [-0.05, 0) is 25.0 Å². The van der Waals surface area contributed by atoms with Crippen LogP contribution in [-0.2, 0) is 0 Å². The number of hydrogen-bond donors (Lipinski definition) is 0. The van der Waals surface area contributed by atoms with Gasteiger partial charge in [0, 0.05) is 0 Å². The van der Waals surface area contributed by atoms with Gasteiger partial charge >= 0.3 is 25.8 Å². The normalized spacial score (nSPS) is 9.30. The van der Waals surface area contributed by atoms with Crippen molar-refractivity contribution in [2.75, 3.05) is 0 Å². The largest absolute Gasteiger partial charge is 1.00 e. The second-order valence-electron chi connectivity index (χ2n) is 3.82. The van der Waals surface area contributed by atoms with E-state index in [1.54, 1.807) is 0 Å². The molecule has 2 heteroatoms. The number of rotatable bonds is 2. The SMILES string of the molecule is C/C=C/c1ccccc1.C/C=C/c1ccccc1.[Br-].[In+]. The van der Waals surface area contributed by atoms with Gasteiger partial charge in [0.05, 0.1) is 0 Å².